The minimum Gasteiger partial charge on any atom is -0.328 e. The highest BCUT2D eigenvalue weighted by molar-refractivity contribution is 5.43. The Hall–Kier alpha value is -1.25. The molecule has 2 aromatic rings. The molecule has 3 heteroatoms. The molecule has 0 saturated heterocycles. The summed E-state index contributed by atoms with van der Waals surface area (Å²) in [6.45, 7) is 0. The van der Waals surface area contributed by atoms with E-state index in [0.717, 1.165) is 12.0 Å². The van der Waals surface area contributed by atoms with Crippen molar-refractivity contribution in [2.75, 3.05) is 0 Å². The first-order chi connectivity index (χ1) is 8.42. The summed E-state index contributed by atoms with van der Waals surface area (Å²) in [4.78, 5) is 0. The summed E-state index contributed by atoms with van der Waals surface area (Å²) in [6, 6.07) is 3.04. The van der Waals surface area contributed by atoms with Gasteiger partial charge >= 0.3 is 0 Å². The van der Waals surface area contributed by atoms with E-state index in [4.69, 9.17) is 5.10 Å². The van der Waals surface area contributed by atoms with Gasteiger partial charge in [0.25, 0.3) is 0 Å². The van der Waals surface area contributed by atoms with Gasteiger partial charge in [-0.05, 0) is 25.7 Å². The molecule has 4 rings (SSSR count). The zero-order chi connectivity index (χ0) is 11.2. The molecule has 2 saturated carbocycles. The normalized spacial score (nSPS) is 22.4. The molecule has 2 heterocycles. The van der Waals surface area contributed by atoms with Crippen LogP contribution in [0.5, 0.6) is 0 Å². The second-order valence-corrected chi connectivity index (χ2v) is 5.64. The largest absolute Gasteiger partial charge is 0.328 e. The highest BCUT2D eigenvalue weighted by Crippen LogP contribution is 2.37. The van der Waals surface area contributed by atoms with Crippen molar-refractivity contribution in [2.24, 2.45) is 0 Å². The fraction of sp³-hybridized carbons (Fsp3) is 0.643. The number of aromatic nitrogens is 3. The average molecular weight is 229 g/mol. The van der Waals surface area contributed by atoms with Crippen molar-refractivity contribution in [3.63, 3.8) is 0 Å². The van der Waals surface area contributed by atoms with Gasteiger partial charge in [0.15, 0.2) is 0 Å². The van der Waals surface area contributed by atoms with E-state index in [9.17, 15) is 0 Å². The third-order valence-corrected chi connectivity index (χ3v) is 4.61. The Morgan fingerprint density at radius 2 is 1.82 bits per heavy atom. The minimum atomic E-state index is 0.721. The molecule has 0 aromatic carbocycles. The molecule has 17 heavy (non-hydrogen) atoms. The molecule has 2 aliphatic rings. The molecule has 0 N–H and O–H groups in total. The number of hydrogen-bond acceptors (Lipinski definition) is 1. The molecule has 0 aliphatic heterocycles. The van der Waals surface area contributed by atoms with Crippen LogP contribution in [0.2, 0.25) is 0 Å². The molecule has 90 valence electrons. The third-order valence-electron chi connectivity index (χ3n) is 4.61. The van der Waals surface area contributed by atoms with Crippen LogP contribution >= 0.6 is 0 Å². The van der Waals surface area contributed by atoms with Gasteiger partial charge in [-0.1, -0.05) is 19.3 Å². The summed E-state index contributed by atoms with van der Waals surface area (Å²) < 4.78 is 4.52. The Labute approximate surface area is 101 Å². The summed E-state index contributed by atoms with van der Waals surface area (Å²) in [5.74, 6) is 0.743. The quantitative estimate of drug-likeness (QED) is 0.772. The van der Waals surface area contributed by atoms with Crippen LogP contribution in [0.1, 0.15) is 62.6 Å². The molecule has 3 nitrogen and oxygen atoms in total. The lowest BCUT2D eigenvalue weighted by Crippen LogP contribution is -2.09. The molecule has 2 aliphatic carbocycles. The van der Waals surface area contributed by atoms with E-state index in [1.54, 1.807) is 0 Å². The van der Waals surface area contributed by atoms with Crippen LogP contribution in [0.3, 0.4) is 0 Å². The summed E-state index contributed by atoms with van der Waals surface area (Å²) in [5, 5.41) is 4.72. The van der Waals surface area contributed by atoms with Crippen LogP contribution in [0.25, 0.3) is 5.65 Å². The second-order valence-electron chi connectivity index (χ2n) is 5.64. The van der Waals surface area contributed by atoms with Crippen LogP contribution in [0.4, 0.5) is 0 Å². The summed E-state index contributed by atoms with van der Waals surface area (Å²) in [7, 11) is 0. The first-order valence-electron chi connectivity index (χ1n) is 6.98. The minimum absolute atomic E-state index is 0.721. The van der Waals surface area contributed by atoms with Gasteiger partial charge < -0.3 is 4.57 Å². The zero-order valence-corrected chi connectivity index (χ0v) is 10.2. The lowest BCUT2D eigenvalue weighted by atomic mass is 9.83. The van der Waals surface area contributed by atoms with E-state index in [1.165, 1.54) is 56.3 Å². The fourth-order valence-electron chi connectivity index (χ4n) is 3.31. The third kappa shape index (κ3) is 1.44. The van der Waals surface area contributed by atoms with Crippen molar-refractivity contribution in [3.05, 3.63) is 24.2 Å². The first kappa shape index (κ1) is 9.75. The van der Waals surface area contributed by atoms with Crippen LogP contribution in [-0.4, -0.2) is 14.2 Å². The summed E-state index contributed by atoms with van der Waals surface area (Å²) in [5.41, 5.74) is 2.62. The van der Waals surface area contributed by atoms with E-state index < -0.39 is 0 Å². The smallest absolute Gasteiger partial charge is 0.136 e. The average Bonchev–Trinajstić information content (AvgIpc) is 2.86. The molecule has 0 amide bonds. The van der Waals surface area contributed by atoms with Crippen molar-refractivity contribution < 1.29 is 0 Å². The van der Waals surface area contributed by atoms with Crippen LogP contribution in [0.15, 0.2) is 18.5 Å². The monoisotopic (exact) mass is 229 g/mol. The van der Waals surface area contributed by atoms with Gasteiger partial charge in [0.05, 0.1) is 5.69 Å². The molecular formula is C14H19N3. The Bertz CT molecular complexity index is 527. The maximum Gasteiger partial charge on any atom is 0.136 e. The number of hydrogen-bond donors (Lipinski definition) is 0. The Morgan fingerprint density at radius 3 is 2.53 bits per heavy atom. The molecule has 0 unspecified atom stereocenters. The van der Waals surface area contributed by atoms with Gasteiger partial charge in [0.2, 0.25) is 0 Å². The van der Waals surface area contributed by atoms with E-state index in [0.29, 0.717) is 0 Å². The van der Waals surface area contributed by atoms with Crippen molar-refractivity contribution >= 4 is 5.65 Å². The fourth-order valence-corrected chi connectivity index (χ4v) is 3.31. The maximum absolute atomic E-state index is 4.72. The highest BCUT2D eigenvalue weighted by Gasteiger charge is 2.24. The van der Waals surface area contributed by atoms with Gasteiger partial charge in [0.1, 0.15) is 5.65 Å². The van der Waals surface area contributed by atoms with E-state index in [2.05, 4.69) is 27.5 Å². The molecule has 0 spiro atoms. The summed E-state index contributed by atoms with van der Waals surface area (Å²) >= 11 is 0. The maximum atomic E-state index is 4.72. The van der Waals surface area contributed by atoms with E-state index in [-0.39, 0.29) is 0 Å². The predicted molar refractivity (Wildman–Crippen MR) is 67.3 cm³/mol. The van der Waals surface area contributed by atoms with Crippen molar-refractivity contribution in [1.82, 2.24) is 14.2 Å². The van der Waals surface area contributed by atoms with E-state index in [1.807, 2.05) is 0 Å². The topological polar surface area (TPSA) is 22.2 Å². The number of fused-ring (bicyclic) bond motifs is 1. The Balaban J connectivity index is 1.74. The predicted octanol–water partition coefficient (Wildman–Crippen LogP) is 3.52. The SMILES string of the molecule is c1c(C2CCC2)nn2ccn(C3CCCC3)c12. The van der Waals surface area contributed by atoms with Gasteiger partial charge in [-0.25, -0.2) is 4.52 Å². The van der Waals surface area contributed by atoms with Crippen LogP contribution < -0.4 is 0 Å². The molecule has 0 radical (unpaired) electrons. The number of imidazole rings is 1. The molecule has 0 bridgehead atoms. The van der Waals surface area contributed by atoms with Crippen LogP contribution in [-0.2, 0) is 0 Å². The highest BCUT2D eigenvalue weighted by atomic mass is 15.3. The van der Waals surface area contributed by atoms with Crippen LogP contribution in [0, 0.1) is 0 Å². The Kier molecular flexibility index (Phi) is 2.08. The lowest BCUT2D eigenvalue weighted by Gasteiger charge is -2.22. The number of nitrogens with zero attached hydrogens (tertiary/aromatic N) is 3. The molecule has 0 atom stereocenters. The van der Waals surface area contributed by atoms with Gasteiger partial charge in [0, 0.05) is 30.4 Å². The second kappa shape index (κ2) is 3.62. The molecular weight excluding hydrogens is 210 g/mol. The molecule has 2 fully saturated rings. The number of rotatable bonds is 2. The standard InChI is InChI=1S/C14H19N3/c1-2-7-12(6-1)16-8-9-17-14(16)10-13(15-17)11-4-3-5-11/h8-12H,1-7H2. The van der Waals surface area contributed by atoms with Crippen molar-refractivity contribution in [2.45, 2.75) is 56.9 Å². The van der Waals surface area contributed by atoms with E-state index >= 15 is 0 Å². The molecule has 2 aromatic heterocycles. The van der Waals surface area contributed by atoms with Crippen molar-refractivity contribution in [1.29, 1.82) is 0 Å². The zero-order valence-electron chi connectivity index (χ0n) is 10.2. The first-order valence-corrected chi connectivity index (χ1v) is 6.98. The Morgan fingerprint density at radius 1 is 1.00 bits per heavy atom. The van der Waals surface area contributed by atoms with Gasteiger partial charge in [-0.15, -0.1) is 0 Å². The summed E-state index contributed by atoms with van der Waals surface area (Å²) in [6.07, 6.45) is 13.8. The lowest BCUT2D eigenvalue weighted by molar-refractivity contribution is 0.409. The van der Waals surface area contributed by atoms with Gasteiger partial charge in [-0.3, -0.25) is 0 Å². The van der Waals surface area contributed by atoms with Crippen molar-refractivity contribution in [3.8, 4) is 0 Å². The van der Waals surface area contributed by atoms with Gasteiger partial charge in [-0.2, -0.15) is 5.10 Å².